The van der Waals surface area contributed by atoms with Crippen molar-refractivity contribution >= 4 is 13.7 Å². The van der Waals surface area contributed by atoms with E-state index in [9.17, 15) is 19.4 Å². The molecule has 3 atom stereocenters. The SMILES string of the molecule is CCCCCCCCCCCCCC/C=C\CCCCCCCCCCCCCCCCCCC(=O)NC(COP(=O)(O)OCC[N+](C)(C)C)C(O)CCCCCCCCCCCCCCCCCCC. The van der Waals surface area contributed by atoms with Crippen molar-refractivity contribution in [3.8, 4) is 0 Å². The van der Waals surface area contributed by atoms with Gasteiger partial charge in [0.1, 0.15) is 13.2 Å². The molecule has 0 saturated carbocycles. The third-order valence-corrected chi connectivity index (χ3v) is 15.7. The quantitative estimate of drug-likeness (QED) is 0.0243. The molecule has 0 aliphatic heterocycles. The van der Waals surface area contributed by atoms with Crippen molar-refractivity contribution in [2.24, 2.45) is 0 Å². The zero-order valence-electron chi connectivity index (χ0n) is 48.5. The largest absolute Gasteiger partial charge is 0.472 e. The third-order valence-electron chi connectivity index (χ3n) is 14.8. The molecule has 0 radical (unpaired) electrons. The highest BCUT2D eigenvalue weighted by Gasteiger charge is 2.28. The van der Waals surface area contributed by atoms with E-state index >= 15 is 0 Å². The van der Waals surface area contributed by atoms with Crippen LogP contribution in [-0.2, 0) is 18.4 Å². The van der Waals surface area contributed by atoms with Crippen LogP contribution in [0.25, 0.3) is 0 Å². The van der Waals surface area contributed by atoms with Crippen molar-refractivity contribution in [3.63, 3.8) is 0 Å². The molecule has 3 unspecified atom stereocenters. The molecule has 71 heavy (non-hydrogen) atoms. The summed E-state index contributed by atoms with van der Waals surface area (Å²) >= 11 is 0. The predicted octanol–water partition coefficient (Wildman–Crippen LogP) is 19.4. The second-order valence-corrected chi connectivity index (χ2v) is 24.6. The Morgan fingerprint density at radius 3 is 1.08 bits per heavy atom. The molecule has 0 saturated heterocycles. The molecule has 424 valence electrons. The summed E-state index contributed by atoms with van der Waals surface area (Å²) < 4.78 is 23.8. The van der Waals surface area contributed by atoms with E-state index in [2.05, 4.69) is 31.3 Å². The van der Waals surface area contributed by atoms with Crippen LogP contribution >= 0.6 is 7.82 Å². The van der Waals surface area contributed by atoms with Crippen LogP contribution in [0.5, 0.6) is 0 Å². The van der Waals surface area contributed by atoms with E-state index in [1.54, 1.807) is 0 Å². The minimum Gasteiger partial charge on any atom is -0.391 e. The van der Waals surface area contributed by atoms with Gasteiger partial charge in [-0.3, -0.25) is 13.8 Å². The van der Waals surface area contributed by atoms with Gasteiger partial charge >= 0.3 is 7.82 Å². The molecule has 0 aliphatic carbocycles. The summed E-state index contributed by atoms with van der Waals surface area (Å²) in [6.45, 7) is 4.94. The number of nitrogens with zero attached hydrogens (tertiary/aromatic N) is 1. The van der Waals surface area contributed by atoms with Crippen molar-refractivity contribution in [1.29, 1.82) is 0 Å². The second kappa shape index (κ2) is 54.0. The number of amides is 1. The smallest absolute Gasteiger partial charge is 0.391 e. The Balaban J connectivity index is 3.99. The van der Waals surface area contributed by atoms with Gasteiger partial charge in [0.05, 0.1) is 39.9 Å². The van der Waals surface area contributed by atoms with Gasteiger partial charge in [0.2, 0.25) is 5.91 Å². The predicted molar refractivity (Wildman–Crippen MR) is 309 cm³/mol. The number of aliphatic hydroxyl groups is 1. The monoisotopic (exact) mass is 1030 g/mol. The lowest BCUT2D eigenvalue weighted by atomic mass is 10.0. The number of quaternary nitrogens is 1. The molecule has 3 N–H and O–H groups in total. The first-order valence-corrected chi connectivity index (χ1v) is 33.0. The molecule has 0 bridgehead atoms. The summed E-state index contributed by atoms with van der Waals surface area (Å²) in [4.78, 5) is 23.4. The number of hydrogen-bond acceptors (Lipinski definition) is 5. The number of carbonyl (C=O) groups is 1. The van der Waals surface area contributed by atoms with Crippen molar-refractivity contribution < 1.29 is 32.9 Å². The molecule has 9 heteroatoms. The number of allylic oxidation sites excluding steroid dienone is 2. The highest BCUT2D eigenvalue weighted by Crippen LogP contribution is 2.43. The molecular formula is C62H126N2O6P+. The number of aliphatic hydroxyl groups excluding tert-OH is 1. The molecule has 0 aromatic rings. The first kappa shape index (κ1) is 70.2. The van der Waals surface area contributed by atoms with Crippen LogP contribution in [0.4, 0.5) is 0 Å². The zero-order chi connectivity index (χ0) is 52.0. The van der Waals surface area contributed by atoms with Gasteiger partial charge in [-0.2, -0.15) is 0 Å². The fourth-order valence-electron chi connectivity index (χ4n) is 9.81. The van der Waals surface area contributed by atoms with Gasteiger partial charge in [0, 0.05) is 6.42 Å². The van der Waals surface area contributed by atoms with Gasteiger partial charge < -0.3 is 19.8 Å². The Kier molecular flexibility index (Phi) is 53.5. The highest BCUT2D eigenvalue weighted by molar-refractivity contribution is 7.47. The standard InChI is InChI=1S/C62H125N2O6P/c1-6-8-10-12-14-16-18-20-22-24-25-26-27-28-29-30-31-32-33-34-35-36-37-38-40-42-44-46-48-50-52-54-56-62(66)63-60(59-70-71(67,68)69-58-57-64(3,4)5)61(65)55-53-51-49-47-45-43-41-39-23-21-19-17-15-13-11-9-7-2/h28-29,60-61,65H,6-27,30-59H2,1-5H3,(H-,63,66,67,68)/p+1/b29-28-. The lowest BCUT2D eigenvalue weighted by molar-refractivity contribution is -0.870. The zero-order valence-corrected chi connectivity index (χ0v) is 49.4. The average Bonchev–Trinajstić information content (AvgIpc) is 3.33. The summed E-state index contributed by atoms with van der Waals surface area (Å²) in [7, 11) is 1.63. The number of phosphoric ester groups is 1. The molecule has 0 spiro atoms. The maximum atomic E-state index is 13.0. The lowest BCUT2D eigenvalue weighted by Gasteiger charge is -2.26. The Labute approximate surface area is 443 Å². The molecule has 0 heterocycles. The summed E-state index contributed by atoms with van der Waals surface area (Å²) in [6, 6.07) is -0.757. The van der Waals surface area contributed by atoms with E-state index in [1.165, 1.54) is 263 Å². The molecular weight excluding hydrogens is 900 g/mol. The van der Waals surface area contributed by atoms with Gasteiger partial charge in [-0.05, 0) is 38.5 Å². The molecule has 8 nitrogen and oxygen atoms in total. The van der Waals surface area contributed by atoms with Gasteiger partial charge in [0.15, 0.2) is 0 Å². The van der Waals surface area contributed by atoms with Crippen LogP contribution < -0.4 is 5.32 Å². The van der Waals surface area contributed by atoms with Crippen LogP contribution in [0.1, 0.15) is 328 Å². The molecule has 0 aliphatic rings. The van der Waals surface area contributed by atoms with E-state index in [0.29, 0.717) is 23.9 Å². The van der Waals surface area contributed by atoms with Crippen LogP contribution in [0.2, 0.25) is 0 Å². The highest BCUT2D eigenvalue weighted by atomic mass is 31.2. The Bertz CT molecular complexity index is 1160. The van der Waals surface area contributed by atoms with E-state index in [1.807, 2.05) is 21.1 Å². The van der Waals surface area contributed by atoms with E-state index in [-0.39, 0.29) is 19.1 Å². The van der Waals surface area contributed by atoms with Gasteiger partial charge in [-0.1, -0.05) is 296 Å². The number of rotatable bonds is 59. The number of nitrogens with one attached hydrogen (secondary N) is 1. The number of unbranched alkanes of at least 4 members (excludes halogenated alkanes) is 44. The number of phosphoric acid groups is 1. The Morgan fingerprint density at radius 1 is 0.465 bits per heavy atom. The number of likely N-dealkylation sites (N-methyl/N-ethyl adjacent to an activating group) is 1. The summed E-state index contributed by atoms with van der Waals surface area (Å²) in [6.07, 6.45) is 67.2. The summed E-state index contributed by atoms with van der Waals surface area (Å²) in [5.41, 5.74) is 0. The van der Waals surface area contributed by atoms with E-state index < -0.39 is 20.0 Å². The minimum absolute atomic E-state index is 0.0779. The summed E-state index contributed by atoms with van der Waals surface area (Å²) in [5.74, 6) is -0.137. The van der Waals surface area contributed by atoms with Gasteiger partial charge in [-0.25, -0.2) is 4.57 Å². The lowest BCUT2D eigenvalue weighted by Crippen LogP contribution is -2.46. The Morgan fingerprint density at radius 2 is 0.761 bits per heavy atom. The van der Waals surface area contributed by atoms with Crippen LogP contribution in [0.15, 0.2) is 12.2 Å². The van der Waals surface area contributed by atoms with Crippen LogP contribution in [0.3, 0.4) is 0 Å². The van der Waals surface area contributed by atoms with Crippen molar-refractivity contribution in [1.82, 2.24) is 5.32 Å². The molecule has 0 aromatic heterocycles. The molecule has 0 rings (SSSR count). The Hall–Kier alpha value is -0.760. The van der Waals surface area contributed by atoms with Crippen molar-refractivity contribution in [3.05, 3.63) is 12.2 Å². The van der Waals surface area contributed by atoms with Crippen LogP contribution in [-0.4, -0.2) is 73.4 Å². The first-order valence-electron chi connectivity index (χ1n) is 31.6. The molecule has 1 amide bonds. The van der Waals surface area contributed by atoms with E-state index in [4.69, 9.17) is 9.05 Å². The van der Waals surface area contributed by atoms with Crippen molar-refractivity contribution in [2.75, 3.05) is 40.9 Å². The topological polar surface area (TPSA) is 105 Å². The fourth-order valence-corrected chi connectivity index (χ4v) is 10.5. The second-order valence-electron chi connectivity index (χ2n) is 23.1. The minimum atomic E-state index is -4.32. The molecule has 0 aromatic carbocycles. The molecule has 0 fully saturated rings. The normalized spacial score (nSPS) is 13.8. The summed E-state index contributed by atoms with van der Waals surface area (Å²) in [5, 5.41) is 14.1. The first-order chi connectivity index (χ1) is 34.5. The van der Waals surface area contributed by atoms with E-state index in [0.717, 1.165) is 38.5 Å². The maximum absolute atomic E-state index is 13.0. The third kappa shape index (κ3) is 56.8. The van der Waals surface area contributed by atoms with Crippen molar-refractivity contribution in [2.45, 2.75) is 341 Å². The average molecular weight is 1030 g/mol. The van der Waals surface area contributed by atoms with Gasteiger partial charge in [-0.15, -0.1) is 0 Å². The number of carbonyl (C=O) groups excluding carboxylic acids is 1. The van der Waals surface area contributed by atoms with Gasteiger partial charge in [0.25, 0.3) is 0 Å². The maximum Gasteiger partial charge on any atom is 0.472 e. The number of hydrogen-bond donors (Lipinski definition) is 3. The van der Waals surface area contributed by atoms with Crippen LogP contribution in [0, 0.1) is 0 Å². The fraction of sp³-hybridized carbons (Fsp3) is 0.952.